The van der Waals surface area contributed by atoms with E-state index in [4.69, 9.17) is 0 Å². The predicted molar refractivity (Wildman–Crippen MR) is 86.0 cm³/mol. The number of hydrogen-bond acceptors (Lipinski definition) is 2. The van der Waals surface area contributed by atoms with E-state index in [1.54, 1.807) is 43.3 Å². The van der Waals surface area contributed by atoms with Gasteiger partial charge in [-0.15, -0.1) is 0 Å². The molecule has 0 amide bonds. The van der Waals surface area contributed by atoms with Gasteiger partial charge in [-0.25, -0.2) is 17.4 Å². The highest BCUT2D eigenvalue weighted by atomic mass is 32.2. The summed E-state index contributed by atoms with van der Waals surface area (Å²) in [6.07, 6.45) is 3.43. The summed E-state index contributed by atoms with van der Waals surface area (Å²) in [6, 6.07) is 9.44. The Morgan fingerprint density at radius 3 is 2.39 bits per heavy atom. The maximum atomic E-state index is 14.1. The lowest BCUT2D eigenvalue weighted by Gasteiger charge is -2.21. The van der Waals surface area contributed by atoms with Crippen LogP contribution in [0.25, 0.3) is 0 Å². The van der Waals surface area contributed by atoms with Crippen LogP contribution in [-0.4, -0.2) is 15.0 Å². The number of fused-ring (bicyclic) bond motifs is 1. The molecule has 0 spiro atoms. The predicted octanol–water partition coefficient (Wildman–Crippen LogP) is 3.74. The highest BCUT2D eigenvalue weighted by molar-refractivity contribution is 7.95. The lowest BCUT2D eigenvalue weighted by atomic mass is 10.2. The first-order valence-corrected chi connectivity index (χ1v) is 8.34. The van der Waals surface area contributed by atoms with E-state index in [2.05, 4.69) is 0 Å². The second-order valence-corrected chi connectivity index (χ2v) is 6.66. The number of benzene rings is 2. The average molecular weight is 336 g/mol. The molecule has 7 heteroatoms. The molecule has 0 N–H and O–H groups in total. The van der Waals surface area contributed by atoms with Crippen molar-refractivity contribution in [2.75, 3.05) is 15.2 Å². The Kier molecular flexibility index (Phi) is 3.81. The number of anilines is 3. The highest BCUT2D eigenvalue weighted by Crippen LogP contribution is 2.45. The van der Waals surface area contributed by atoms with Gasteiger partial charge < -0.3 is 0 Å². The Hall–Kier alpha value is -2.41. The van der Waals surface area contributed by atoms with Gasteiger partial charge in [-0.1, -0.05) is 24.3 Å². The summed E-state index contributed by atoms with van der Waals surface area (Å²) in [7, 11) is -3.99. The van der Waals surface area contributed by atoms with Gasteiger partial charge >= 0.3 is 10.2 Å². The molecule has 0 aromatic heterocycles. The van der Waals surface area contributed by atoms with E-state index < -0.39 is 21.8 Å². The van der Waals surface area contributed by atoms with Crippen molar-refractivity contribution in [2.45, 2.75) is 6.92 Å². The molecule has 0 atom stereocenters. The fourth-order valence-electron chi connectivity index (χ4n) is 2.49. The molecule has 0 fully saturated rings. The van der Waals surface area contributed by atoms with Crippen molar-refractivity contribution in [3.05, 3.63) is 66.3 Å². The first-order chi connectivity index (χ1) is 11.0. The third-order valence-corrected chi connectivity index (χ3v) is 5.27. The van der Waals surface area contributed by atoms with Gasteiger partial charge in [0.15, 0.2) is 5.82 Å². The minimum atomic E-state index is -3.99. The van der Waals surface area contributed by atoms with E-state index in [0.29, 0.717) is 17.4 Å². The minimum Gasteiger partial charge on any atom is -0.247 e. The first-order valence-electron chi connectivity index (χ1n) is 6.95. The summed E-state index contributed by atoms with van der Waals surface area (Å²) in [5, 5.41) is 0. The van der Waals surface area contributed by atoms with Crippen molar-refractivity contribution in [3.63, 3.8) is 0 Å². The van der Waals surface area contributed by atoms with E-state index >= 15 is 0 Å². The zero-order chi connectivity index (χ0) is 16.6. The third-order valence-electron chi connectivity index (χ3n) is 3.51. The number of allylic oxidation sites excluding steroid dienone is 1. The van der Waals surface area contributed by atoms with Gasteiger partial charge in [0, 0.05) is 6.07 Å². The molecule has 0 saturated carbocycles. The highest BCUT2D eigenvalue weighted by Gasteiger charge is 2.41. The Bertz CT molecular complexity index is 881. The van der Waals surface area contributed by atoms with Gasteiger partial charge in [-0.2, -0.15) is 8.42 Å². The topological polar surface area (TPSA) is 40.6 Å². The Morgan fingerprint density at radius 1 is 1.04 bits per heavy atom. The van der Waals surface area contributed by atoms with Gasteiger partial charge in [0.05, 0.1) is 23.6 Å². The Balaban J connectivity index is 2.21. The molecule has 0 aliphatic carbocycles. The molecule has 3 rings (SSSR count). The Labute approximate surface area is 133 Å². The number of nitrogens with zero attached hydrogens (tertiary/aromatic N) is 2. The van der Waals surface area contributed by atoms with Crippen molar-refractivity contribution < 1.29 is 17.2 Å². The summed E-state index contributed by atoms with van der Waals surface area (Å²) in [5.41, 5.74) is 0.582. The molecule has 2 aromatic carbocycles. The van der Waals surface area contributed by atoms with E-state index in [1.807, 2.05) is 0 Å². The lowest BCUT2D eigenvalue weighted by Crippen LogP contribution is -2.35. The molecule has 2 aromatic rings. The molecule has 1 aliphatic heterocycles. The van der Waals surface area contributed by atoms with Gasteiger partial charge in [0.2, 0.25) is 0 Å². The van der Waals surface area contributed by atoms with Gasteiger partial charge in [0.1, 0.15) is 5.82 Å². The molecule has 1 heterocycles. The fourth-order valence-corrected chi connectivity index (χ4v) is 4.16. The van der Waals surface area contributed by atoms with Crippen molar-refractivity contribution >= 4 is 27.3 Å². The van der Waals surface area contributed by atoms with Crippen LogP contribution in [-0.2, 0) is 10.2 Å². The van der Waals surface area contributed by atoms with Crippen LogP contribution in [0, 0.1) is 11.6 Å². The summed E-state index contributed by atoms with van der Waals surface area (Å²) >= 11 is 0. The number of rotatable bonds is 3. The smallest absolute Gasteiger partial charge is 0.247 e. The van der Waals surface area contributed by atoms with Crippen LogP contribution in [0.3, 0.4) is 0 Å². The van der Waals surface area contributed by atoms with Crippen LogP contribution in [0.2, 0.25) is 0 Å². The molecule has 0 unspecified atom stereocenters. The summed E-state index contributed by atoms with van der Waals surface area (Å²) < 4.78 is 55.1. The van der Waals surface area contributed by atoms with Crippen LogP contribution < -0.4 is 8.61 Å². The van der Waals surface area contributed by atoms with Crippen molar-refractivity contribution in [3.8, 4) is 0 Å². The quantitative estimate of drug-likeness (QED) is 0.801. The SMILES string of the molecule is C/C=C/CN1c2ccccc2N(c2ccc(F)cc2F)S1(=O)=O. The average Bonchev–Trinajstić information content (AvgIpc) is 2.72. The summed E-state index contributed by atoms with van der Waals surface area (Å²) in [5.74, 6) is -1.70. The van der Waals surface area contributed by atoms with Gasteiger partial charge in [-0.05, 0) is 31.2 Å². The van der Waals surface area contributed by atoms with E-state index in [1.165, 1.54) is 4.31 Å². The van der Waals surface area contributed by atoms with E-state index in [0.717, 1.165) is 16.4 Å². The molecule has 0 radical (unpaired) electrons. The lowest BCUT2D eigenvalue weighted by molar-refractivity contribution is 0.579. The van der Waals surface area contributed by atoms with Crippen LogP contribution in [0.1, 0.15) is 6.92 Å². The molecular formula is C16H14F2N2O2S. The second kappa shape index (κ2) is 5.66. The third kappa shape index (κ3) is 2.46. The molecule has 23 heavy (non-hydrogen) atoms. The van der Waals surface area contributed by atoms with E-state index in [9.17, 15) is 17.2 Å². The zero-order valence-electron chi connectivity index (χ0n) is 12.3. The van der Waals surface area contributed by atoms with Crippen LogP contribution in [0.4, 0.5) is 25.8 Å². The maximum Gasteiger partial charge on any atom is 0.331 e. The number of hydrogen-bond donors (Lipinski definition) is 0. The molecular weight excluding hydrogens is 322 g/mol. The van der Waals surface area contributed by atoms with Crippen LogP contribution in [0.15, 0.2) is 54.6 Å². The van der Waals surface area contributed by atoms with Crippen molar-refractivity contribution in [1.29, 1.82) is 0 Å². The van der Waals surface area contributed by atoms with Crippen LogP contribution in [0.5, 0.6) is 0 Å². The first kappa shape index (κ1) is 15.5. The summed E-state index contributed by atoms with van der Waals surface area (Å²) in [6.45, 7) is 1.92. The zero-order valence-corrected chi connectivity index (χ0v) is 13.1. The second-order valence-electron chi connectivity index (χ2n) is 4.96. The van der Waals surface area contributed by atoms with Crippen molar-refractivity contribution in [2.24, 2.45) is 0 Å². The molecule has 120 valence electrons. The monoisotopic (exact) mass is 336 g/mol. The van der Waals surface area contributed by atoms with Crippen molar-refractivity contribution in [1.82, 2.24) is 0 Å². The molecule has 0 bridgehead atoms. The van der Waals surface area contributed by atoms with Gasteiger partial charge in [0.25, 0.3) is 0 Å². The summed E-state index contributed by atoms with van der Waals surface area (Å²) in [4.78, 5) is 0. The maximum absolute atomic E-state index is 14.1. The number of halogens is 2. The largest absolute Gasteiger partial charge is 0.331 e. The fraction of sp³-hybridized carbons (Fsp3) is 0.125. The molecule has 1 aliphatic rings. The van der Waals surface area contributed by atoms with Crippen LogP contribution >= 0.6 is 0 Å². The molecule has 0 saturated heterocycles. The Morgan fingerprint density at radius 2 is 1.74 bits per heavy atom. The van der Waals surface area contributed by atoms with Gasteiger partial charge in [-0.3, -0.25) is 0 Å². The number of para-hydroxylation sites is 2. The minimum absolute atomic E-state index is 0.134. The van der Waals surface area contributed by atoms with E-state index in [-0.39, 0.29) is 12.2 Å². The standard InChI is InChI=1S/C16H14F2N2O2S/c1-2-3-10-19-15-6-4-5-7-16(15)20(23(19,21)22)14-9-8-12(17)11-13(14)18/h2-9,11H,10H2,1H3/b3-2+. The normalized spacial score (nSPS) is 16.1. The molecule has 4 nitrogen and oxygen atoms in total.